The quantitative estimate of drug-likeness (QED) is 0.389. The Bertz CT molecular complexity index is 573. The maximum atomic E-state index is 12.2. The lowest BCUT2D eigenvalue weighted by Gasteiger charge is -2.16. The highest BCUT2D eigenvalue weighted by Crippen LogP contribution is 2.34. The topological polar surface area (TPSA) is 136 Å². The molecule has 5 amide bonds. The van der Waals surface area contributed by atoms with Crippen molar-refractivity contribution in [3.8, 4) is 0 Å². The number of nitrogens with one attached hydrogen (secondary N) is 1. The summed E-state index contributed by atoms with van der Waals surface area (Å²) >= 11 is 0. The van der Waals surface area contributed by atoms with Gasteiger partial charge in [0.1, 0.15) is 6.54 Å². The fourth-order valence-electron chi connectivity index (χ4n) is 2.66. The van der Waals surface area contributed by atoms with Gasteiger partial charge in [-0.05, 0) is 19.8 Å². The van der Waals surface area contributed by atoms with E-state index in [1.165, 1.54) is 6.92 Å². The van der Waals surface area contributed by atoms with Gasteiger partial charge in [0.05, 0.1) is 11.8 Å². The minimum absolute atomic E-state index is 0.407. The molecule has 0 aromatic rings. The summed E-state index contributed by atoms with van der Waals surface area (Å²) in [5.74, 6) is -3.48. The van der Waals surface area contributed by atoms with E-state index in [-0.39, 0.29) is 0 Å². The Kier molecular flexibility index (Phi) is 4.77. The van der Waals surface area contributed by atoms with Crippen molar-refractivity contribution in [2.75, 3.05) is 6.54 Å². The number of rotatable bonds is 4. The first kappa shape index (κ1) is 16.7. The van der Waals surface area contributed by atoms with Crippen LogP contribution in [0.2, 0.25) is 0 Å². The van der Waals surface area contributed by atoms with Crippen molar-refractivity contribution in [3.63, 3.8) is 0 Å². The number of likely N-dealkylation sites (tertiary alicyclic amines) is 1. The number of ether oxygens (including phenoxy) is 1. The number of esters is 1. The standard InChI is InChI=1S/C14H17N3O6/c1-7(11(19)16-14(15)22)23-10(18)6-17-12(20)8-4-2-3-5-9(8)13(17)21/h2-3,7-9H,4-6H2,1H3,(H3,15,16,19,22). The summed E-state index contributed by atoms with van der Waals surface area (Å²) in [6.07, 6.45) is 3.34. The summed E-state index contributed by atoms with van der Waals surface area (Å²) in [6.45, 7) is 0.687. The lowest BCUT2D eigenvalue weighted by atomic mass is 9.85. The number of hydrogen-bond donors (Lipinski definition) is 2. The Morgan fingerprint density at radius 3 is 2.26 bits per heavy atom. The number of primary amides is 1. The zero-order valence-corrected chi connectivity index (χ0v) is 12.5. The maximum absolute atomic E-state index is 12.2. The van der Waals surface area contributed by atoms with Crippen LogP contribution in [0.3, 0.4) is 0 Å². The second-order valence-electron chi connectivity index (χ2n) is 5.40. The molecule has 0 spiro atoms. The van der Waals surface area contributed by atoms with Gasteiger partial charge in [0.2, 0.25) is 11.8 Å². The summed E-state index contributed by atoms with van der Waals surface area (Å²) in [7, 11) is 0. The molecule has 3 unspecified atom stereocenters. The van der Waals surface area contributed by atoms with Crippen molar-refractivity contribution in [2.24, 2.45) is 17.6 Å². The van der Waals surface area contributed by atoms with Crippen LogP contribution in [0, 0.1) is 11.8 Å². The number of hydrogen-bond acceptors (Lipinski definition) is 6. The molecule has 2 rings (SSSR count). The first-order chi connectivity index (χ1) is 10.8. The van der Waals surface area contributed by atoms with Crippen molar-refractivity contribution in [1.29, 1.82) is 0 Å². The number of carbonyl (C=O) groups is 5. The number of carbonyl (C=O) groups excluding carboxylic acids is 5. The predicted molar refractivity (Wildman–Crippen MR) is 75.4 cm³/mol. The molecule has 3 N–H and O–H groups in total. The van der Waals surface area contributed by atoms with E-state index in [2.05, 4.69) is 0 Å². The highest BCUT2D eigenvalue weighted by molar-refractivity contribution is 6.07. The molecule has 0 saturated carbocycles. The zero-order chi connectivity index (χ0) is 17.1. The van der Waals surface area contributed by atoms with Gasteiger partial charge in [0.25, 0.3) is 5.91 Å². The second-order valence-corrected chi connectivity index (χ2v) is 5.40. The van der Waals surface area contributed by atoms with Crippen molar-refractivity contribution in [3.05, 3.63) is 12.2 Å². The SMILES string of the molecule is CC(OC(=O)CN1C(=O)C2CC=CCC2C1=O)C(=O)NC(N)=O. The number of nitrogens with two attached hydrogens (primary N) is 1. The van der Waals surface area contributed by atoms with Gasteiger partial charge in [-0.25, -0.2) is 4.79 Å². The molecule has 1 heterocycles. The van der Waals surface area contributed by atoms with E-state index in [0.29, 0.717) is 12.8 Å². The van der Waals surface area contributed by atoms with E-state index in [4.69, 9.17) is 10.5 Å². The van der Waals surface area contributed by atoms with Crippen LogP contribution < -0.4 is 11.1 Å². The molecule has 2 aliphatic rings. The molecule has 9 nitrogen and oxygen atoms in total. The number of nitrogens with zero attached hydrogens (tertiary/aromatic N) is 1. The molecular formula is C14H17N3O6. The Morgan fingerprint density at radius 1 is 1.26 bits per heavy atom. The smallest absolute Gasteiger partial charge is 0.326 e. The predicted octanol–water partition coefficient (Wildman–Crippen LogP) is -0.936. The third kappa shape index (κ3) is 3.55. The summed E-state index contributed by atoms with van der Waals surface area (Å²) < 4.78 is 4.80. The largest absolute Gasteiger partial charge is 0.451 e. The van der Waals surface area contributed by atoms with Crippen LogP contribution in [-0.2, 0) is 23.9 Å². The normalized spacial score (nSPS) is 24.1. The fraction of sp³-hybridized carbons (Fsp3) is 0.500. The molecule has 1 aliphatic heterocycles. The van der Waals surface area contributed by atoms with Gasteiger partial charge in [0, 0.05) is 0 Å². The molecule has 1 aliphatic carbocycles. The molecular weight excluding hydrogens is 306 g/mol. The zero-order valence-electron chi connectivity index (χ0n) is 12.5. The van der Waals surface area contributed by atoms with E-state index in [9.17, 15) is 24.0 Å². The molecule has 23 heavy (non-hydrogen) atoms. The molecule has 0 aromatic heterocycles. The minimum atomic E-state index is -1.27. The van der Waals surface area contributed by atoms with Crippen molar-refractivity contribution in [2.45, 2.75) is 25.9 Å². The van der Waals surface area contributed by atoms with Crippen LogP contribution in [-0.4, -0.2) is 47.3 Å². The molecule has 9 heteroatoms. The van der Waals surface area contributed by atoms with Crippen LogP contribution >= 0.6 is 0 Å². The first-order valence-corrected chi connectivity index (χ1v) is 7.11. The summed E-state index contributed by atoms with van der Waals surface area (Å²) in [6, 6.07) is -1.07. The van der Waals surface area contributed by atoms with Gasteiger partial charge in [-0.15, -0.1) is 0 Å². The molecule has 1 fully saturated rings. The Morgan fingerprint density at radius 2 is 1.78 bits per heavy atom. The van der Waals surface area contributed by atoms with Crippen molar-refractivity contribution >= 4 is 29.7 Å². The van der Waals surface area contributed by atoms with Crippen LogP contribution in [0.1, 0.15) is 19.8 Å². The summed E-state index contributed by atoms with van der Waals surface area (Å²) in [4.78, 5) is 59.0. The van der Waals surface area contributed by atoms with E-state index >= 15 is 0 Å². The van der Waals surface area contributed by atoms with Gasteiger partial charge < -0.3 is 10.5 Å². The van der Waals surface area contributed by atoms with Crippen LogP contribution in [0.25, 0.3) is 0 Å². The van der Waals surface area contributed by atoms with Crippen LogP contribution in [0.4, 0.5) is 4.79 Å². The molecule has 1 saturated heterocycles. The molecule has 0 aromatic carbocycles. The number of urea groups is 1. The average Bonchev–Trinajstić information content (AvgIpc) is 2.72. The first-order valence-electron chi connectivity index (χ1n) is 7.11. The van der Waals surface area contributed by atoms with E-state index in [1.807, 2.05) is 12.2 Å². The monoisotopic (exact) mass is 323 g/mol. The lowest BCUT2D eigenvalue weighted by Crippen LogP contribution is -2.44. The van der Waals surface area contributed by atoms with Crippen LogP contribution in [0.15, 0.2) is 12.2 Å². The highest BCUT2D eigenvalue weighted by Gasteiger charge is 2.47. The fourth-order valence-corrected chi connectivity index (χ4v) is 2.66. The second kappa shape index (κ2) is 6.59. The molecule has 124 valence electrons. The maximum Gasteiger partial charge on any atom is 0.326 e. The highest BCUT2D eigenvalue weighted by atomic mass is 16.5. The van der Waals surface area contributed by atoms with E-state index < -0.39 is 54.2 Å². The third-order valence-electron chi connectivity index (χ3n) is 3.81. The molecule has 0 radical (unpaired) electrons. The number of imide groups is 2. The van der Waals surface area contributed by atoms with Crippen LogP contribution in [0.5, 0.6) is 0 Å². The van der Waals surface area contributed by atoms with Gasteiger partial charge in [-0.1, -0.05) is 12.2 Å². The van der Waals surface area contributed by atoms with Crippen molar-refractivity contribution in [1.82, 2.24) is 10.2 Å². The Hall–Kier alpha value is -2.71. The molecule has 3 atom stereocenters. The van der Waals surface area contributed by atoms with Gasteiger partial charge in [-0.3, -0.25) is 29.4 Å². The summed E-state index contributed by atoms with van der Waals surface area (Å²) in [5, 5.41) is 1.77. The molecule has 0 bridgehead atoms. The number of amides is 5. The van der Waals surface area contributed by atoms with E-state index in [0.717, 1.165) is 4.90 Å². The Labute approximate surface area is 131 Å². The minimum Gasteiger partial charge on any atom is -0.451 e. The van der Waals surface area contributed by atoms with Gasteiger partial charge >= 0.3 is 12.0 Å². The number of allylic oxidation sites excluding steroid dienone is 2. The van der Waals surface area contributed by atoms with E-state index in [1.54, 1.807) is 5.32 Å². The average molecular weight is 323 g/mol. The van der Waals surface area contributed by atoms with Gasteiger partial charge in [-0.2, -0.15) is 0 Å². The summed E-state index contributed by atoms with van der Waals surface area (Å²) in [5.41, 5.74) is 4.78. The number of fused-ring (bicyclic) bond motifs is 1. The van der Waals surface area contributed by atoms with Crippen molar-refractivity contribution < 1.29 is 28.7 Å². The third-order valence-corrected chi connectivity index (χ3v) is 3.81. The Balaban J connectivity index is 1.93. The van der Waals surface area contributed by atoms with Gasteiger partial charge in [0.15, 0.2) is 6.10 Å². The lowest BCUT2D eigenvalue weighted by molar-refractivity contribution is -0.159.